The van der Waals surface area contributed by atoms with Gasteiger partial charge in [0.15, 0.2) is 5.78 Å². The van der Waals surface area contributed by atoms with Crippen LogP contribution >= 0.6 is 0 Å². The van der Waals surface area contributed by atoms with Crippen LogP contribution in [0.5, 0.6) is 0 Å². The molecular formula is C31H48O4. The van der Waals surface area contributed by atoms with Crippen molar-refractivity contribution in [1.82, 2.24) is 0 Å². The molecule has 0 radical (unpaired) electrons. The molecule has 0 spiro atoms. The molecule has 0 aromatic heterocycles. The molecule has 4 nitrogen and oxygen atoms in total. The van der Waals surface area contributed by atoms with Crippen molar-refractivity contribution in [3.63, 3.8) is 0 Å². The van der Waals surface area contributed by atoms with E-state index in [1.807, 2.05) is 6.08 Å². The molecule has 5 atom stereocenters. The Labute approximate surface area is 213 Å². The van der Waals surface area contributed by atoms with Crippen molar-refractivity contribution in [2.24, 2.45) is 23.2 Å². The molecule has 0 aromatic rings. The van der Waals surface area contributed by atoms with E-state index in [2.05, 4.69) is 6.92 Å². The Morgan fingerprint density at radius 2 is 1.66 bits per heavy atom. The van der Waals surface area contributed by atoms with Crippen molar-refractivity contribution in [2.75, 3.05) is 6.61 Å². The summed E-state index contributed by atoms with van der Waals surface area (Å²) in [5.74, 6) is 1.97. The minimum Gasteiger partial charge on any atom is -0.462 e. The van der Waals surface area contributed by atoms with E-state index in [0.717, 1.165) is 44.9 Å². The van der Waals surface area contributed by atoms with Crippen LogP contribution in [0.2, 0.25) is 0 Å². The molecule has 4 aliphatic rings. The van der Waals surface area contributed by atoms with Crippen LogP contribution in [0.1, 0.15) is 123 Å². The molecule has 0 saturated heterocycles. The number of carbonyl (C=O) groups excluding carboxylic acids is 2. The van der Waals surface area contributed by atoms with Crippen LogP contribution in [0.25, 0.3) is 0 Å². The van der Waals surface area contributed by atoms with Crippen LogP contribution in [0.15, 0.2) is 22.8 Å². The lowest BCUT2D eigenvalue weighted by Gasteiger charge is -2.52. The minimum absolute atomic E-state index is 0.0646. The third-order valence-electron chi connectivity index (χ3n) is 9.77. The van der Waals surface area contributed by atoms with Gasteiger partial charge in [0.25, 0.3) is 0 Å². The number of ether oxygens (including phenoxy) is 1. The molecule has 0 aliphatic heterocycles. The number of hydrogen-bond donors (Lipinski definition) is 1. The van der Waals surface area contributed by atoms with Gasteiger partial charge in [0, 0.05) is 25.4 Å². The van der Waals surface area contributed by atoms with Gasteiger partial charge in [-0.1, -0.05) is 63.9 Å². The fourth-order valence-electron chi connectivity index (χ4n) is 8.18. The van der Waals surface area contributed by atoms with Crippen molar-refractivity contribution in [1.29, 1.82) is 0 Å². The lowest BCUT2D eigenvalue weighted by Crippen LogP contribution is -2.46. The number of carbonyl (C=O) groups is 2. The molecule has 196 valence electrons. The first kappa shape index (κ1) is 26.6. The first-order valence-electron chi connectivity index (χ1n) is 14.7. The van der Waals surface area contributed by atoms with Crippen LogP contribution in [0, 0.1) is 23.2 Å². The van der Waals surface area contributed by atoms with Crippen LogP contribution in [0.4, 0.5) is 0 Å². The molecule has 1 N–H and O–H groups in total. The highest BCUT2D eigenvalue weighted by Gasteiger charge is 2.57. The van der Waals surface area contributed by atoms with Gasteiger partial charge >= 0.3 is 5.97 Å². The second-order valence-electron chi connectivity index (χ2n) is 12.1. The predicted molar refractivity (Wildman–Crippen MR) is 140 cm³/mol. The Bertz CT molecular complexity index is 824. The van der Waals surface area contributed by atoms with Crippen molar-refractivity contribution >= 4 is 11.8 Å². The van der Waals surface area contributed by atoms with Gasteiger partial charge in [0.1, 0.15) is 6.10 Å². The summed E-state index contributed by atoms with van der Waals surface area (Å²) in [6.45, 7) is 4.31. The zero-order chi connectivity index (χ0) is 24.8. The average molecular weight is 485 g/mol. The summed E-state index contributed by atoms with van der Waals surface area (Å²) in [7, 11) is 0. The third kappa shape index (κ3) is 6.12. The van der Waals surface area contributed by atoms with Crippen LogP contribution in [-0.2, 0) is 14.3 Å². The maximum Gasteiger partial charge on any atom is 0.302 e. The molecule has 4 heteroatoms. The number of aliphatic hydroxyl groups is 1. The molecule has 0 heterocycles. The maximum atomic E-state index is 12.2. The van der Waals surface area contributed by atoms with E-state index in [1.165, 1.54) is 63.4 Å². The van der Waals surface area contributed by atoms with Gasteiger partial charge in [0.05, 0.1) is 0 Å². The highest BCUT2D eigenvalue weighted by Crippen LogP contribution is 2.63. The second kappa shape index (κ2) is 12.2. The predicted octanol–water partition coefficient (Wildman–Crippen LogP) is 7.24. The van der Waals surface area contributed by atoms with Crippen LogP contribution in [-0.4, -0.2) is 29.6 Å². The Morgan fingerprint density at radius 1 is 0.971 bits per heavy atom. The summed E-state index contributed by atoms with van der Waals surface area (Å²) in [4.78, 5) is 24.0. The highest BCUT2D eigenvalue weighted by molar-refractivity contribution is 5.93. The number of unbranched alkanes of at least 4 members (excludes halogenated alkanes) is 8. The SMILES string of the molecule is CC(=O)O[C@H]1CC[C@H]2[C@@H]3CCC4=CC(=O)CCC4=C3[C@@H](CCCCCCCCCCCO)C[C@]12C. The Kier molecular flexibility index (Phi) is 9.29. The van der Waals surface area contributed by atoms with Gasteiger partial charge < -0.3 is 9.84 Å². The van der Waals surface area contributed by atoms with Gasteiger partial charge in [-0.05, 0) is 86.3 Å². The molecule has 0 unspecified atom stereocenters. The molecule has 0 amide bonds. The smallest absolute Gasteiger partial charge is 0.302 e. The Balaban J connectivity index is 1.41. The van der Waals surface area contributed by atoms with E-state index < -0.39 is 0 Å². The largest absolute Gasteiger partial charge is 0.462 e. The molecule has 2 saturated carbocycles. The molecule has 35 heavy (non-hydrogen) atoms. The lowest BCUT2D eigenvalue weighted by molar-refractivity contribution is -0.154. The van der Waals surface area contributed by atoms with E-state index in [0.29, 0.717) is 36.6 Å². The van der Waals surface area contributed by atoms with Gasteiger partial charge in [-0.25, -0.2) is 0 Å². The van der Waals surface area contributed by atoms with Gasteiger partial charge in [-0.3, -0.25) is 9.59 Å². The number of fused-ring (bicyclic) bond motifs is 4. The Hall–Kier alpha value is -1.42. The van der Waals surface area contributed by atoms with E-state index in [1.54, 1.807) is 18.1 Å². The van der Waals surface area contributed by atoms with Gasteiger partial charge in [0.2, 0.25) is 0 Å². The first-order valence-corrected chi connectivity index (χ1v) is 14.7. The molecule has 0 bridgehead atoms. The first-order chi connectivity index (χ1) is 16.9. The summed E-state index contributed by atoms with van der Waals surface area (Å²) in [5.41, 5.74) is 4.69. The fourth-order valence-corrected chi connectivity index (χ4v) is 8.18. The van der Waals surface area contributed by atoms with Crippen molar-refractivity contribution in [3.8, 4) is 0 Å². The normalized spacial score (nSPS) is 32.1. The molecular weight excluding hydrogens is 436 g/mol. The molecule has 4 aliphatic carbocycles. The quantitative estimate of drug-likeness (QED) is 0.234. The number of hydrogen-bond acceptors (Lipinski definition) is 4. The van der Waals surface area contributed by atoms with E-state index in [9.17, 15) is 9.59 Å². The second-order valence-corrected chi connectivity index (χ2v) is 12.1. The lowest BCUT2D eigenvalue weighted by atomic mass is 9.53. The van der Waals surface area contributed by atoms with Crippen LogP contribution < -0.4 is 0 Å². The van der Waals surface area contributed by atoms with E-state index in [-0.39, 0.29) is 17.5 Å². The van der Waals surface area contributed by atoms with E-state index in [4.69, 9.17) is 9.84 Å². The number of aliphatic hydroxyl groups excluding tert-OH is 1. The monoisotopic (exact) mass is 484 g/mol. The topological polar surface area (TPSA) is 63.6 Å². The number of allylic oxidation sites excluding steroid dienone is 4. The standard InChI is InChI=1S/C31H48O4/c1-22(33)35-29-18-17-28-27-15-13-23-20-25(34)14-16-26(23)30(27)24(21-31(28,29)2)12-10-8-6-4-3-5-7-9-11-19-32/h20,24,27-29,32H,3-19,21H2,1-2H3/t24-,27-,28-,29-,31-/m0/s1. The van der Waals surface area contributed by atoms with Crippen LogP contribution in [0.3, 0.4) is 0 Å². The molecule has 2 fully saturated rings. The highest BCUT2D eigenvalue weighted by atomic mass is 16.5. The molecule has 0 aromatic carbocycles. The summed E-state index contributed by atoms with van der Waals surface area (Å²) in [5, 5.41) is 8.90. The van der Waals surface area contributed by atoms with E-state index >= 15 is 0 Å². The summed E-state index contributed by atoms with van der Waals surface area (Å²) in [6, 6.07) is 0. The summed E-state index contributed by atoms with van der Waals surface area (Å²) >= 11 is 0. The van der Waals surface area contributed by atoms with Crippen molar-refractivity contribution in [2.45, 2.75) is 129 Å². The van der Waals surface area contributed by atoms with Crippen molar-refractivity contribution in [3.05, 3.63) is 22.8 Å². The summed E-state index contributed by atoms with van der Waals surface area (Å²) < 4.78 is 5.91. The average Bonchev–Trinajstić information content (AvgIpc) is 3.14. The third-order valence-corrected chi connectivity index (χ3v) is 9.77. The maximum absolute atomic E-state index is 12.2. The van der Waals surface area contributed by atoms with Gasteiger partial charge in [-0.15, -0.1) is 0 Å². The fraction of sp³-hybridized carbons (Fsp3) is 0.806. The number of esters is 1. The van der Waals surface area contributed by atoms with Gasteiger partial charge in [-0.2, -0.15) is 0 Å². The minimum atomic E-state index is -0.131. The zero-order valence-electron chi connectivity index (χ0n) is 22.3. The molecule has 4 rings (SSSR count). The zero-order valence-corrected chi connectivity index (χ0v) is 22.3. The Morgan fingerprint density at radius 3 is 2.34 bits per heavy atom. The number of rotatable bonds is 12. The van der Waals surface area contributed by atoms with Crippen molar-refractivity contribution < 1.29 is 19.4 Å². The summed E-state index contributed by atoms with van der Waals surface area (Å²) in [6.07, 6.45) is 21.6. The number of ketones is 1.